The van der Waals surface area contributed by atoms with Crippen LogP contribution < -0.4 is 10.5 Å². The molecule has 0 bridgehead atoms. The number of benzene rings is 1. The number of ether oxygens (including phenoxy) is 1. The Labute approximate surface area is 127 Å². The molecule has 1 fully saturated rings. The molecular weight excluding hydrogens is 268 g/mol. The highest BCUT2D eigenvalue weighted by molar-refractivity contribution is 7.80. The smallest absolute Gasteiger partial charge is 0.129 e. The van der Waals surface area contributed by atoms with E-state index in [0.29, 0.717) is 4.99 Å². The highest BCUT2D eigenvalue weighted by Gasteiger charge is 2.24. The zero-order valence-electron chi connectivity index (χ0n) is 12.4. The van der Waals surface area contributed by atoms with Crippen molar-refractivity contribution in [1.29, 1.82) is 0 Å². The van der Waals surface area contributed by atoms with Crippen LogP contribution in [0.2, 0.25) is 0 Å². The predicted molar refractivity (Wildman–Crippen MR) is 87.2 cm³/mol. The molecule has 4 heteroatoms. The van der Waals surface area contributed by atoms with E-state index in [4.69, 9.17) is 22.7 Å². The minimum atomic E-state index is 0.386. The van der Waals surface area contributed by atoms with E-state index >= 15 is 0 Å². The molecule has 1 aromatic rings. The second-order valence-corrected chi connectivity index (χ2v) is 6.02. The van der Waals surface area contributed by atoms with Crippen LogP contribution in [0.1, 0.15) is 37.3 Å². The van der Waals surface area contributed by atoms with Gasteiger partial charge in [-0.2, -0.15) is 0 Å². The number of methoxy groups -OCH3 is 1. The Morgan fingerprint density at radius 3 is 2.75 bits per heavy atom. The van der Waals surface area contributed by atoms with Crippen LogP contribution >= 0.6 is 12.2 Å². The van der Waals surface area contributed by atoms with Gasteiger partial charge in [0.2, 0.25) is 0 Å². The quantitative estimate of drug-likeness (QED) is 0.748. The van der Waals surface area contributed by atoms with E-state index in [2.05, 4.69) is 24.0 Å². The molecule has 2 rings (SSSR count). The van der Waals surface area contributed by atoms with Crippen LogP contribution in [0.15, 0.2) is 18.2 Å². The normalized spacial score (nSPS) is 14.6. The third kappa shape index (κ3) is 4.18. The zero-order chi connectivity index (χ0) is 14.5. The summed E-state index contributed by atoms with van der Waals surface area (Å²) in [6, 6.07) is 6.13. The van der Waals surface area contributed by atoms with Crippen molar-refractivity contribution in [2.75, 3.05) is 20.2 Å². The molecule has 0 spiro atoms. The molecule has 0 heterocycles. The van der Waals surface area contributed by atoms with Crippen LogP contribution in [0.5, 0.6) is 5.75 Å². The first-order valence-corrected chi connectivity index (χ1v) is 7.74. The summed E-state index contributed by atoms with van der Waals surface area (Å²) in [6.45, 7) is 5.57. The number of rotatable bonds is 8. The number of nitrogens with zero attached hydrogens (tertiary/aromatic N) is 1. The van der Waals surface area contributed by atoms with Crippen molar-refractivity contribution >= 4 is 17.2 Å². The monoisotopic (exact) mass is 292 g/mol. The van der Waals surface area contributed by atoms with Gasteiger partial charge in [-0.05, 0) is 49.4 Å². The lowest BCUT2D eigenvalue weighted by molar-refractivity contribution is 0.254. The van der Waals surface area contributed by atoms with E-state index in [1.807, 2.05) is 6.07 Å². The molecular formula is C16H24N2OS. The van der Waals surface area contributed by atoms with Crippen molar-refractivity contribution in [3.63, 3.8) is 0 Å². The Kier molecular flexibility index (Phi) is 5.38. The van der Waals surface area contributed by atoms with Crippen LogP contribution in [0.4, 0.5) is 0 Å². The van der Waals surface area contributed by atoms with Gasteiger partial charge in [-0.1, -0.05) is 25.2 Å². The van der Waals surface area contributed by atoms with E-state index in [-0.39, 0.29) is 0 Å². The van der Waals surface area contributed by atoms with Crippen molar-refractivity contribution in [3.8, 4) is 5.75 Å². The Morgan fingerprint density at radius 2 is 2.20 bits per heavy atom. The van der Waals surface area contributed by atoms with Crippen molar-refractivity contribution in [2.24, 2.45) is 11.7 Å². The molecule has 1 saturated carbocycles. The number of hydrogen-bond donors (Lipinski definition) is 1. The summed E-state index contributed by atoms with van der Waals surface area (Å²) in [7, 11) is 1.66. The Morgan fingerprint density at radius 1 is 1.45 bits per heavy atom. The van der Waals surface area contributed by atoms with Gasteiger partial charge in [0, 0.05) is 13.1 Å². The fraction of sp³-hybridized carbons (Fsp3) is 0.562. The predicted octanol–water partition coefficient (Wildman–Crippen LogP) is 2.95. The molecule has 20 heavy (non-hydrogen) atoms. The lowest BCUT2D eigenvalue weighted by Gasteiger charge is -2.22. The summed E-state index contributed by atoms with van der Waals surface area (Å²) in [5.74, 6) is 1.69. The first-order valence-electron chi connectivity index (χ1n) is 7.33. The summed E-state index contributed by atoms with van der Waals surface area (Å²) in [5.41, 5.74) is 7.78. The first-order chi connectivity index (χ1) is 9.63. The highest BCUT2D eigenvalue weighted by Crippen LogP contribution is 2.30. The molecule has 0 atom stereocenters. The van der Waals surface area contributed by atoms with E-state index in [1.54, 1.807) is 7.11 Å². The minimum absolute atomic E-state index is 0.386. The highest BCUT2D eigenvalue weighted by atomic mass is 32.1. The van der Waals surface area contributed by atoms with Gasteiger partial charge < -0.3 is 10.5 Å². The zero-order valence-corrected chi connectivity index (χ0v) is 13.2. The summed E-state index contributed by atoms with van der Waals surface area (Å²) in [4.78, 5) is 2.92. The average Bonchev–Trinajstić information content (AvgIpc) is 3.22. The van der Waals surface area contributed by atoms with Crippen LogP contribution in [-0.4, -0.2) is 30.1 Å². The number of nitrogens with two attached hydrogens (primary N) is 1. The Bertz CT molecular complexity index is 472. The third-order valence-corrected chi connectivity index (χ3v) is 3.91. The lowest BCUT2D eigenvalue weighted by Crippen LogP contribution is -2.26. The van der Waals surface area contributed by atoms with Crippen LogP contribution in [0.25, 0.3) is 0 Å². The molecule has 0 amide bonds. The summed E-state index contributed by atoms with van der Waals surface area (Å²) < 4.78 is 5.40. The first kappa shape index (κ1) is 15.3. The van der Waals surface area contributed by atoms with Gasteiger partial charge in [0.05, 0.1) is 12.7 Å². The number of thiocarbonyl (C=S) groups is 1. The van der Waals surface area contributed by atoms with Crippen LogP contribution in [0.3, 0.4) is 0 Å². The van der Waals surface area contributed by atoms with E-state index in [9.17, 15) is 0 Å². The third-order valence-electron chi connectivity index (χ3n) is 3.69. The molecule has 0 saturated heterocycles. The maximum atomic E-state index is 5.70. The van der Waals surface area contributed by atoms with Gasteiger partial charge in [-0.3, -0.25) is 4.90 Å². The molecule has 0 aromatic heterocycles. The van der Waals surface area contributed by atoms with Crippen molar-refractivity contribution in [1.82, 2.24) is 4.90 Å². The molecule has 0 unspecified atom stereocenters. The number of hydrogen-bond acceptors (Lipinski definition) is 3. The summed E-state index contributed by atoms with van der Waals surface area (Å²) in [6.07, 6.45) is 3.97. The molecule has 1 aliphatic rings. The topological polar surface area (TPSA) is 38.5 Å². The maximum Gasteiger partial charge on any atom is 0.129 e. The van der Waals surface area contributed by atoms with Crippen molar-refractivity contribution < 1.29 is 4.74 Å². The van der Waals surface area contributed by atoms with Gasteiger partial charge in [0.1, 0.15) is 10.7 Å². The van der Waals surface area contributed by atoms with Gasteiger partial charge >= 0.3 is 0 Å². The summed E-state index contributed by atoms with van der Waals surface area (Å²) in [5, 5.41) is 0. The Balaban J connectivity index is 2.08. The fourth-order valence-corrected chi connectivity index (χ4v) is 2.68. The fourth-order valence-electron chi connectivity index (χ4n) is 2.51. The SMILES string of the molecule is CCCN(Cc1ccc(C(N)=S)c(OC)c1)CC1CC1. The van der Waals surface area contributed by atoms with Gasteiger partial charge in [0.25, 0.3) is 0 Å². The minimum Gasteiger partial charge on any atom is -0.496 e. The standard InChI is InChI=1S/C16H24N2OS/c1-3-8-18(10-12-4-5-12)11-13-6-7-14(16(17)20)15(9-13)19-2/h6-7,9,12H,3-5,8,10-11H2,1-2H3,(H2,17,20). The second kappa shape index (κ2) is 7.04. The molecule has 1 aromatic carbocycles. The lowest BCUT2D eigenvalue weighted by atomic mass is 10.1. The van der Waals surface area contributed by atoms with Crippen molar-refractivity contribution in [2.45, 2.75) is 32.7 Å². The van der Waals surface area contributed by atoms with Gasteiger partial charge in [0.15, 0.2) is 0 Å². The molecule has 2 N–H and O–H groups in total. The van der Waals surface area contributed by atoms with E-state index in [0.717, 1.165) is 30.3 Å². The van der Waals surface area contributed by atoms with E-state index in [1.165, 1.54) is 31.4 Å². The Hall–Kier alpha value is -1.13. The molecule has 3 nitrogen and oxygen atoms in total. The van der Waals surface area contributed by atoms with Crippen LogP contribution in [0, 0.1) is 5.92 Å². The van der Waals surface area contributed by atoms with Gasteiger partial charge in [-0.25, -0.2) is 0 Å². The maximum absolute atomic E-state index is 5.70. The van der Waals surface area contributed by atoms with Gasteiger partial charge in [-0.15, -0.1) is 0 Å². The molecule has 1 aliphatic carbocycles. The molecule has 0 aliphatic heterocycles. The second-order valence-electron chi connectivity index (χ2n) is 5.58. The summed E-state index contributed by atoms with van der Waals surface area (Å²) >= 11 is 5.04. The average molecular weight is 292 g/mol. The molecule has 110 valence electrons. The molecule has 0 radical (unpaired) electrons. The largest absolute Gasteiger partial charge is 0.496 e. The van der Waals surface area contributed by atoms with Crippen molar-refractivity contribution in [3.05, 3.63) is 29.3 Å². The van der Waals surface area contributed by atoms with Crippen LogP contribution in [-0.2, 0) is 6.54 Å². The van der Waals surface area contributed by atoms with E-state index < -0.39 is 0 Å².